The zero-order chi connectivity index (χ0) is 28.9. The molecule has 40 heavy (non-hydrogen) atoms. The average molecular weight is 547 g/mol. The molecule has 208 valence electrons. The van der Waals surface area contributed by atoms with Crippen LogP contribution >= 0.6 is 0 Å². The SMILES string of the molecule is Cc1c(NC(=O)N(C)c2ccccc2F)cccc1-c1c(F)cc(C(N)=O)c2[nH]c3c(c12)CCC(C(C)(C)O)C3. The summed E-state index contributed by atoms with van der Waals surface area (Å²) in [7, 11) is 1.46. The number of aryl methyl sites for hydroxylation is 1. The molecule has 3 amide bonds. The molecule has 1 heterocycles. The predicted octanol–water partition coefficient (Wildman–Crippen LogP) is 6.06. The van der Waals surface area contributed by atoms with E-state index in [9.17, 15) is 19.1 Å². The number of aromatic amines is 1. The van der Waals surface area contributed by atoms with Crippen LogP contribution in [-0.2, 0) is 12.8 Å². The summed E-state index contributed by atoms with van der Waals surface area (Å²) in [6.07, 6.45) is 1.83. The Morgan fingerprint density at radius 1 is 1.12 bits per heavy atom. The van der Waals surface area contributed by atoms with Crippen molar-refractivity contribution in [3.05, 3.63) is 82.5 Å². The van der Waals surface area contributed by atoms with Gasteiger partial charge in [-0.05, 0) is 86.9 Å². The highest BCUT2D eigenvalue weighted by molar-refractivity contribution is 6.11. The van der Waals surface area contributed by atoms with Crippen LogP contribution < -0.4 is 16.0 Å². The molecule has 7 nitrogen and oxygen atoms in total. The topological polar surface area (TPSA) is 111 Å². The maximum Gasteiger partial charge on any atom is 0.326 e. The van der Waals surface area contributed by atoms with Gasteiger partial charge in [-0.3, -0.25) is 9.69 Å². The van der Waals surface area contributed by atoms with E-state index in [0.717, 1.165) is 17.3 Å². The van der Waals surface area contributed by atoms with E-state index in [1.807, 2.05) is 0 Å². The Kier molecular flexibility index (Phi) is 6.87. The lowest BCUT2D eigenvalue weighted by Crippen LogP contribution is -2.34. The first kappa shape index (κ1) is 27.3. The number of amides is 3. The van der Waals surface area contributed by atoms with Gasteiger partial charge < -0.3 is 21.1 Å². The molecule has 1 aliphatic carbocycles. The Balaban J connectivity index is 1.61. The van der Waals surface area contributed by atoms with Crippen LogP contribution in [0.5, 0.6) is 0 Å². The van der Waals surface area contributed by atoms with Crippen molar-refractivity contribution in [2.75, 3.05) is 17.3 Å². The number of fused-ring (bicyclic) bond motifs is 3. The number of hydrogen-bond donors (Lipinski definition) is 4. The zero-order valence-corrected chi connectivity index (χ0v) is 22.9. The second kappa shape index (κ2) is 10.1. The van der Waals surface area contributed by atoms with Crippen molar-refractivity contribution >= 4 is 34.2 Å². The quantitative estimate of drug-likeness (QED) is 0.244. The lowest BCUT2D eigenvalue weighted by Gasteiger charge is -2.32. The number of carbonyl (C=O) groups excluding carboxylic acids is 2. The number of nitrogens with one attached hydrogen (secondary N) is 2. The van der Waals surface area contributed by atoms with E-state index in [4.69, 9.17) is 5.73 Å². The molecule has 4 aromatic rings. The third-order valence-corrected chi connectivity index (χ3v) is 8.04. The lowest BCUT2D eigenvalue weighted by molar-refractivity contribution is 0.0107. The summed E-state index contributed by atoms with van der Waals surface area (Å²) in [5, 5.41) is 14.0. The molecule has 1 atom stereocenters. The molecule has 0 bridgehead atoms. The van der Waals surface area contributed by atoms with E-state index >= 15 is 4.39 Å². The van der Waals surface area contributed by atoms with Crippen LogP contribution in [0.4, 0.5) is 25.0 Å². The van der Waals surface area contributed by atoms with Crippen molar-refractivity contribution in [2.24, 2.45) is 11.7 Å². The molecule has 0 saturated heterocycles. The highest BCUT2D eigenvalue weighted by Gasteiger charge is 2.34. The number of halogens is 2. The standard InChI is InChI=1S/C31H32F2N4O3/c1-16-18(8-7-10-23(16)36-30(39)37(4)25-11-6-5-9-21(25)32)26-22(33)15-20(29(34)38)28-27(26)19-13-12-17(31(2,3)40)14-24(19)35-28/h5-11,15,17,35,40H,12-14H2,1-4H3,(H2,34,38)(H,36,39). The third-order valence-electron chi connectivity index (χ3n) is 8.04. The normalized spacial score (nSPS) is 15.1. The number of nitrogens with two attached hydrogens (primary N) is 1. The monoisotopic (exact) mass is 546 g/mol. The molecule has 5 N–H and O–H groups in total. The summed E-state index contributed by atoms with van der Waals surface area (Å²) in [5.41, 5.74) is 8.99. The fourth-order valence-corrected chi connectivity index (χ4v) is 5.71. The second-order valence-corrected chi connectivity index (χ2v) is 11.0. The summed E-state index contributed by atoms with van der Waals surface area (Å²) < 4.78 is 30.2. The smallest absolute Gasteiger partial charge is 0.326 e. The highest BCUT2D eigenvalue weighted by atomic mass is 19.1. The van der Waals surface area contributed by atoms with Crippen molar-refractivity contribution in [3.8, 4) is 11.1 Å². The van der Waals surface area contributed by atoms with Gasteiger partial charge in [0, 0.05) is 29.4 Å². The number of para-hydroxylation sites is 1. The maximum atomic E-state index is 15.9. The van der Waals surface area contributed by atoms with Gasteiger partial charge in [0.25, 0.3) is 5.91 Å². The molecule has 0 fully saturated rings. The molecular weight excluding hydrogens is 514 g/mol. The molecule has 0 radical (unpaired) electrons. The largest absolute Gasteiger partial charge is 0.390 e. The number of hydrogen-bond acceptors (Lipinski definition) is 3. The number of urea groups is 1. The number of rotatable bonds is 5. The molecular formula is C31H32F2N4O3. The van der Waals surface area contributed by atoms with Gasteiger partial charge in [0.1, 0.15) is 11.6 Å². The Hall–Kier alpha value is -4.24. The first-order valence-corrected chi connectivity index (χ1v) is 13.2. The van der Waals surface area contributed by atoms with E-state index < -0.39 is 29.2 Å². The second-order valence-electron chi connectivity index (χ2n) is 11.0. The summed E-state index contributed by atoms with van der Waals surface area (Å²) in [4.78, 5) is 29.8. The zero-order valence-electron chi connectivity index (χ0n) is 22.9. The van der Waals surface area contributed by atoms with E-state index in [0.29, 0.717) is 52.5 Å². The van der Waals surface area contributed by atoms with Crippen LogP contribution in [-0.4, -0.2) is 34.7 Å². The number of primary amides is 1. The van der Waals surface area contributed by atoms with Gasteiger partial charge in [0.2, 0.25) is 0 Å². The number of H-pyrrole nitrogens is 1. The molecule has 0 spiro atoms. The Bertz CT molecular complexity index is 1650. The molecule has 3 aromatic carbocycles. The van der Waals surface area contributed by atoms with E-state index in [2.05, 4.69) is 10.3 Å². The minimum atomic E-state index is -0.894. The van der Waals surface area contributed by atoms with Crippen molar-refractivity contribution in [3.63, 3.8) is 0 Å². The number of benzene rings is 3. The Morgan fingerprint density at radius 2 is 1.85 bits per heavy atom. The number of nitrogens with zero attached hydrogens (tertiary/aromatic N) is 1. The summed E-state index contributed by atoms with van der Waals surface area (Å²) in [6.45, 7) is 5.32. The van der Waals surface area contributed by atoms with Crippen LogP contribution in [0.1, 0.15) is 47.4 Å². The van der Waals surface area contributed by atoms with E-state index in [1.165, 1.54) is 24.1 Å². The first-order chi connectivity index (χ1) is 18.9. The molecule has 9 heteroatoms. The van der Waals surface area contributed by atoms with Gasteiger partial charge in [-0.1, -0.05) is 24.3 Å². The minimum absolute atomic E-state index is 0.00916. The van der Waals surface area contributed by atoms with Crippen LogP contribution in [0.3, 0.4) is 0 Å². The fourth-order valence-electron chi connectivity index (χ4n) is 5.71. The number of aliphatic hydroxyl groups is 1. The van der Waals surface area contributed by atoms with Gasteiger partial charge >= 0.3 is 6.03 Å². The van der Waals surface area contributed by atoms with Gasteiger partial charge in [-0.15, -0.1) is 0 Å². The van der Waals surface area contributed by atoms with Gasteiger partial charge in [0.15, 0.2) is 0 Å². The van der Waals surface area contributed by atoms with Crippen molar-refractivity contribution in [1.29, 1.82) is 0 Å². The van der Waals surface area contributed by atoms with Gasteiger partial charge in [-0.2, -0.15) is 0 Å². The summed E-state index contributed by atoms with van der Waals surface area (Å²) >= 11 is 0. The molecule has 5 rings (SSSR count). The maximum absolute atomic E-state index is 15.9. The fraction of sp³-hybridized carbons (Fsp3) is 0.290. The van der Waals surface area contributed by atoms with Crippen molar-refractivity contribution < 1.29 is 23.5 Å². The van der Waals surface area contributed by atoms with E-state index in [1.54, 1.807) is 51.1 Å². The highest BCUT2D eigenvalue weighted by Crippen LogP contribution is 2.43. The Labute approximate surface area is 231 Å². The average Bonchev–Trinajstić information content (AvgIpc) is 3.27. The van der Waals surface area contributed by atoms with Crippen LogP contribution in [0, 0.1) is 24.5 Å². The first-order valence-electron chi connectivity index (χ1n) is 13.2. The molecule has 1 aliphatic rings. The Morgan fingerprint density at radius 3 is 2.52 bits per heavy atom. The van der Waals surface area contributed by atoms with E-state index in [-0.39, 0.29) is 17.2 Å². The van der Waals surface area contributed by atoms with Crippen LogP contribution in [0.2, 0.25) is 0 Å². The van der Waals surface area contributed by atoms with Crippen molar-refractivity contribution in [1.82, 2.24) is 4.98 Å². The number of carbonyl (C=O) groups is 2. The molecule has 1 aromatic heterocycles. The van der Waals surface area contributed by atoms with Crippen molar-refractivity contribution in [2.45, 2.75) is 45.6 Å². The predicted molar refractivity (Wildman–Crippen MR) is 153 cm³/mol. The molecule has 0 saturated carbocycles. The minimum Gasteiger partial charge on any atom is -0.390 e. The summed E-state index contributed by atoms with van der Waals surface area (Å²) in [6, 6.07) is 11.7. The molecule has 1 unspecified atom stereocenters. The molecule has 0 aliphatic heterocycles. The van der Waals surface area contributed by atoms with Gasteiger partial charge in [-0.25, -0.2) is 13.6 Å². The summed E-state index contributed by atoms with van der Waals surface area (Å²) in [5.74, 6) is -1.90. The van der Waals surface area contributed by atoms with Crippen LogP contribution in [0.25, 0.3) is 22.0 Å². The van der Waals surface area contributed by atoms with Gasteiger partial charge in [0.05, 0.1) is 22.4 Å². The lowest BCUT2D eigenvalue weighted by atomic mass is 9.77. The number of anilines is 2. The van der Waals surface area contributed by atoms with Crippen LogP contribution in [0.15, 0.2) is 48.5 Å². The number of aromatic nitrogens is 1. The third kappa shape index (κ3) is 4.70.